The summed E-state index contributed by atoms with van der Waals surface area (Å²) in [6.07, 6.45) is 3.39. The first-order chi connectivity index (χ1) is 7.97. The van der Waals surface area contributed by atoms with Crippen molar-refractivity contribution >= 4 is 28.8 Å². The average molecular weight is 255 g/mol. The Kier molecular flexibility index (Phi) is 8.09. The van der Waals surface area contributed by atoms with Crippen LogP contribution in [0.5, 0.6) is 0 Å². The summed E-state index contributed by atoms with van der Waals surface area (Å²) in [5, 5.41) is 11.0. The standard InChI is InChI=1S/C12H17NO3S/c1-9(11(15)5-4-10(2)17)3-6-12(16)13-7-8-14/h4-5,14H,1,3,6-8H2,2H3,(H,13,16)/b5-4-. The number of aliphatic hydroxyl groups excluding tert-OH is 1. The number of hydrogen-bond donors (Lipinski definition) is 2. The zero-order chi connectivity index (χ0) is 13.3. The second kappa shape index (κ2) is 8.78. The molecule has 0 atom stereocenters. The minimum Gasteiger partial charge on any atom is -0.395 e. The maximum absolute atomic E-state index is 11.5. The van der Waals surface area contributed by atoms with E-state index in [9.17, 15) is 9.59 Å². The highest BCUT2D eigenvalue weighted by Gasteiger charge is 2.06. The summed E-state index contributed by atoms with van der Waals surface area (Å²) >= 11 is 4.80. The minimum absolute atomic E-state index is 0.0949. The molecule has 1 amide bonds. The third-order valence-electron chi connectivity index (χ3n) is 1.91. The van der Waals surface area contributed by atoms with E-state index in [2.05, 4.69) is 11.9 Å². The summed E-state index contributed by atoms with van der Waals surface area (Å²) in [6.45, 7) is 5.45. The van der Waals surface area contributed by atoms with Crippen LogP contribution in [-0.2, 0) is 9.59 Å². The zero-order valence-electron chi connectivity index (χ0n) is 9.86. The SMILES string of the molecule is C=C(CCC(=O)NCCO)C(=O)/C=C\C(C)=S. The fraction of sp³-hybridized carbons (Fsp3) is 0.417. The molecule has 0 radical (unpaired) electrons. The number of nitrogens with one attached hydrogen (secondary N) is 1. The number of aliphatic hydroxyl groups is 1. The van der Waals surface area contributed by atoms with Crippen molar-refractivity contribution < 1.29 is 14.7 Å². The fourth-order valence-electron chi connectivity index (χ4n) is 0.982. The van der Waals surface area contributed by atoms with Crippen molar-refractivity contribution in [2.45, 2.75) is 19.8 Å². The van der Waals surface area contributed by atoms with E-state index in [0.29, 0.717) is 16.9 Å². The van der Waals surface area contributed by atoms with Gasteiger partial charge in [0, 0.05) is 17.8 Å². The van der Waals surface area contributed by atoms with Crippen molar-refractivity contribution in [3.63, 3.8) is 0 Å². The van der Waals surface area contributed by atoms with Crippen LogP contribution in [0.15, 0.2) is 24.3 Å². The highest BCUT2D eigenvalue weighted by atomic mass is 32.1. The highest BCUT2D eigenvalue weighted by Crippen LogP contribution is 2.04. The number of hydrogen-bond acceptors (Lipinski definition) is 4. The van der Waals surface area contributed by atoms with Crippen LogP contribution in [0.1, 0.15) is 19.8 Å². The molecular weight excluding hydrogens is 238 g/mol. The molecule has 0 rings (SSSR count). The van der Waals surface area contributed by atoms with Gasteiger partial charge in [0.25, 0.3) is 0 Å². The summed E-state index contributed by atoms with van der Waals surface area (Å²) in [4.78, 5) is 23.3. The maximum atomic E-state index is 11.5. The topological polar surface area (TPSA) is 66.4 Å². The van der Waals surface area contributed by atoms with Gasteiger partial charge >= 0.3 is 0 Å². The normalized spacial score (nSPS) is 10.2. The first kappa shape index (κ1) is 15.7. The summed E-state index contributed by atoms with van der Waals surface area (Å²) in [5.41, 5.74) is 0.372. The molecule has 0 aromatic carbocycles. The van der Waals surface area contributed by atoms with E-state index in [4.69, 9.17) is 17.3 Å². The Labute approximate surface area is 106 Å². The summed E-state index contributed by atoms with van der Waals surface area (Å²) < 4.78 is 0. The Bertz CT molecular complexity index is 348. The molecule has 5 heteroatoms. The van der Waals surface area contributed by atoms with Crippen LogP contribution in [0.3, 0.4) is 0 Å². The number of carbonyl (C=O) groups excluding carboxylic acids is 2. The van der Waals surface area contributed by atoms with Crippen molar-refractivity contribution in [2.75, 3.05) is 13.2 Å². The molecule has 0 fully saturated rings. The van der Waals surface area contributed by atoms with Gasteiger partial charge in [0.2, 0.25) is 5.91 Å². The number of rotatable bonds is 8. The van der Waals surface area contributed by atoms with Crippen molar-refractivity contribution in [2.24, 2.45) is 0 Å². The van der Waals surface area contributed by atoms with Crippen molar-refractivity contribution in [1.82, 2.24) is 5.32 Å². The number of carbonyl (C=O) groups is 2. The Morgan fingerprint density at radius 1 is 1.35 bits per heavy atom. The molecular formula is C12H17NO3S. The third-order valence-corrected chi connectivity index (χ3v) is 2.04. The van der Waals surface area contributed by atoms with E-state index in [1.807, 2.05) is 0 Å². The molecule has 0 aliphatic carbocycles. The molecule has 0 aliphatic heterocycles. The Morgan fingerprint density at radius 2 is 2.00 bits per heavy atom. The van der Waals surface area contributed by atoms with Crippen LogP contribution in [0.4, 0.5) is 0 Å². The lowest BCUT2D eigenvalue weighted by atomic mass is 10.1. The zero-order valence-corrected chi connectivity index (χ0v) is 10.7. The number of allylic oxidation sites excluding steroid dienone is 3. The van der Waals surface area contributed by atoms with Crippen LogP contribution >= 0.6 is 12.2 Å². The molecule has 0 unspecified atom stereocenters. The molecule has 0 heterocycles. The number of thiocarbonyl (C=S) groups is 1. The molecule has 17 heavy (non-hydrogen) atoms. The molecule has 0 aliphatic rings. The molecule has 2 N–H and O–H groups in total. The van der Waals surface area contributed by atoms with Gasteiger partial charge < -0.3 is 10.4 Å². The number of amides is 1. The van der Waals surface area contributed by atoms with Gasteiger partial charge in [-0.3, -0.25) is 9.59 Å². The van der Waals surface area contributed by atoms with Gasteiger partial charge in [-0.15, -0.1) is 0 Å². The van der Waals surface area contributed by atoms with E-state index in [1.165, 1.54) is 12.2 Å². The van der Waals surface area contributed by atoms with Gasteiger partial charge in [-0.1, -0.05) is 18.8 Å². The Hall–Kier alpha value is -1.33. The van der Waals surface area contributed by atoms with E-state index in [0.717, 1.165) is 0 Å². The van der Waals surface area contributed by atoms with Crippen LogP contribution in [0.25, 0.3) is 0 Å². The van der Waals surface area contributed by atoms with Crippen LogP contribution in [0.2, 0.25) is 0 Å². The van der Waals surface area contributed by atoms with Crippen LogP contribution in [-0.4, -0.2) is 34.8 Å². The molecule has 0 saturated heterocycles. The van der Waals surface area contributed by atoms with Gasteiger partial charge in [0.1, 0.15) is 0 Å². The summed E-state index contributed by atoms with van der Waals surface area (Å²) in [6, 6.07) is 0. The van der Waals surface area contributed by atoms with Crippen molar-refractivity contribution in [1.29, 1.82) is 0 Å². The van der Waals surface area contributed by atoms with Gasteiger partial charge in [-0.25, -0.2) is 0 Å². The maximum Gasteiger partial charge on any atom is 0.220 e. The lowest BCUT2D eigenvalue weighted by Gasteiger charge is -2.03. The molecule has 4 nitrogen and oxygen atoms in total. The molecule has 0 aromatic heterocycles. The predicted octanol–water partition coefficient (Wildman–Crippen LogP) is 0.946. The van der Waals surface area contributed by atoms with E-state index in [-0.39, 0.29) is 31.3 Å². The monoisotopic (exact) mass is 255 g/mol. The quantitative estimate of drug-likeness (QED) is 0.500. The highest BCUT2D eigenvalue weighted by molar-refractivity contribution is 7.80. The first-order valence-corrected chi connectivity index (χ1v) is 5.66. The smallest absolute Gasteiger partial charge is 0.220 e. The average Bonchev–Trinajstić information content (AvgIpc) is 2.29. The predicted molar refractivity (Wildman–Crippen MR) is 70.9 cm³/mol. The second-order valence-corrected chi connectivity index (χ2v) is 4.13. The largest absolute Gasteiger partial charge is 0.395 e. The van der Waals surface area contributed by atoms with Crippen molar-refractivity contribution in [3.8, 4) is 0 Å². The minimum atomic E-state index is -0.218. The van der Waals surface area contributed by atoms with Gasteiger partial charge in [0.05, 0.1) is 6.61 Å². The molecule has 0 aromatic rings. The summed E-state index contributed by atoms with van der Waals surface area (Å²) in [7, 11) is 0. The molecule has 94 valence electrons. The Morgan fingerprint density at radius 3 is 2.53 bits per heavy atom. The number of ketones is 1. The molecule has 0 saturated carbocycles. The molecule has 0 bridgehead atoms. The summed E-state index contributed by atoms with van der Waals surface area (Å²) in [5.74, 6) is -0.424. The van der Waals surface area contributed by atoms with Crippen LogP contribution in [0, 0.1) is 0 Å². The van der Waals surface area contributed by atoms with Gasteiger partial charge in [-0.05, 0) is 31.1 Å². The Balaban J connectivity index is 3.97. The first-order valence-electron chi connectivity index (χ1n) is 5.25. The second-order valence-electron chi connectivity index (χ2n) is 3.49. The molecule has 0 spiro atoms. The van der Waals surface area contributed by atoms with Gasteiger partial charge in [0.15, 0.2) is 5.78 Å². The van der Waals surface area contributed by atoms with Gasteiger partial charge in [-0.2, -0.15) is 0 Å². The van der Waals surface area contributed by atoms with E-state index in [1.54, 1.807) is 6.92 Å². The van der Waals surface area contributed by atoms with E-state index >= 15 is 0 Å². The van der Waals surface area contributed by atoms with Crippen LogP contribution < -0.4 is 5.32 Å². The van der Waals surface area contributed by atoms with E-state index < -0.39 is 0 Å². The fourth-order valence-corrected chi connectivity index (χ4v) is 1.05. The van der Waals surface area contributed by atoms with Crippen molar-refractivity contribution in [3.05, 3.63) is 24.3 Å². The lowest BCUT2D eigenvalue weighted by Crippen LogP contribution is -2.26. The lowest BCUT2D eigenvalue weighted by molar-refractivity contribution is -0.121. The third kappa shape index (κ3) is 8.47.